The van der Waals surface area contributed by atoms with E-state index in [-0.39, 0.29) is 10.3 Å². The van der Waals surface area contributed by atoms with Gasteiger partial charge in [0.25, 0.3) is 0 Å². The number of hydrogen-bond acceptors (Lipinski definition) is 4. The quantitative estimate of drug-likeness (QED) is 0.822. The molecule has 1 aliphatic heterocycles. The largest absolute Gasteiger partial charge is 0.393 e. The summed E-state index contributed by atoms with van der Waals surface area (Å²) >= 11 is 5.05. The average Bonchev–Trinajstić information content (AvgIpc) is 2.77. The van der Waals surface area contributed by atoms with Crippen molar-refractivity contribution < 1.29 is 8.42 Å². The minimum Gasteiger partial charge on any atom is -0.393 e. The predicted molar refractivity (Wildman–Crippen MR) is 76.1 cm³/mol. The van der Waals surface area contributed by atoms with Gasteiger partial charge in [-0.1, -0.05) is 19.1 Å². The Hall–Kier alpha value is -0.990. The molecule has 0 spiro atoms. The molecule has 2 N–H and O–H groups in total. The third-order valence-corrected chi connectivity index (χ3v) is 6.08. The van der Waals surface area contributed by atoms with E-state index in [0.717, 1.165) is 0 Å². The van der Waals surface area contributed by atoms with Crippen LogP contribution in [0.25, 0.3) is 0 Å². The molecule has 0 radical (unpaired) electrons. The molecule has 2 rings (SSSR count). The van der Waals surface area contributed by atoms with Gasteiger partial charge in [0.15, 0.2) is 0 Å². The third-order valence-electron chi connectivity index (χ3n) is 3.74. The molecule has 0 bridgehead atoms. The molecule has 0 aromatic carbocycles. The molecule has 0 saturated carbocycles. The van der Waals surface area contributed by atoms with E-state index in [0.29, 0.717) is 30.9 Å². The van der Waals surface area contributed by atoms with Crippen LogP contribution in [0.1, 0.15) is 19.8 Å². The Morgan fingerprint density at radius 3 is 2.47 bits per heavy atom. The summed E-state index contributed by atoms with van der Waals surface area (Å²) in [5, 5.41) is 3.90. The zero-order chi connectivity index (χ0) is 14.3. The normalized spacial score (nSPS) is 20.3. The first-order chi connectivity index (χ1) is 8.75. The van der Waals surface area contributed by atoms with Crippen LogP contribution in [0.4, 0.5) is 0 Å². The highest BCUT2D eigenvalue weighted by Crippen LogP contribution is 2.33. The van der Waals surface area contributed by atoms with Gasteiger partial charge in [0.1, 0.15) is 4.90 Å². The van der Waals surface area contributed by atoms with Gasteiger partial charge >= 0.3 is 0 Å². The predicted octanol–water partition coefficient (Wildman–Crippen LogP) is 0.497. The maximum Gasteiger partial charge on any atom is 0.246 e. The van der Waals surface area contributed by atoms with Gasteiger partial charge in [-0.15, -0.1) is 0 Å². The standard InChI is InChI=1S/C11H18N4O2S2/c1-11(10(12)18)3-5-15(6-4-11)19(16,17)9-7-13-14(2)8-9/h7-8H,3-6H2,1-2H3,(H2,12,18). The fraction of sp³-hybridized carbons (Fsp3) is 0.636. The van der Waals surface area contributed by atoms with Crippen LogP contribution in [0.5, 0.6) is 0 Å². The fourth-order valence-corrected chi connectivity index (χ4v) is 3.78. The van der Waals surface area contributed by atoms with Crippen LogP contribution < -0.4 is 5.73 Å². The first-order valence-electron chi connectivity index (χ1n) is 6.04. The van der Waals surface area contributed by atoms with Crippen molar-refractivity contribution in [1.29, 1.82) is 0 Å². The van der Waals surface area contributed by atoms with Gasteiger partial charge < -0.3 is 5.73 Å². The Kier molecular flexibility index (Phi) is 3.67. The Bertz CT molecular complexity index is 586. The van der Waals surface area contributed by atoms with Gasteiger partial charge in [0.05, 0.1) is 11.2 Å². The highest BCUT2D eigenvalue weighted by molar-refractivity contribution is 7.89. The smallest absolute Gasteiger partial charge is 0.246 e. The van der Waals surface area contributed by atoms with Gasteiger partial charge in [-0.25, -0.2) is 8.42 Å². The van der Waals surface area contributed by atoms with Gasteiger partial charge in [0.2, 0.25) is 10.0 Å². The molecule has 1 fully saturated rings. The molecule has 0 amide bonds. The van der Waals surface area contributed by atoms with E-state index in [1.54, 1.807) is 7.05 Å². The molecule has 2 heterocycles. The molecular formula is C11H18N4O2S2. The summed E-state index contributed by atoms with van der Waals surface area (Å²) in [4.78, 5) is 0.694. The summed E-state index contributed by atoms with van der Waals surface area (Å²) in [5.74, 6) is 0. The second kappa shape index (κ2) is 4.84. The molecule has 0 atom stereocenters. The van der Waals surface area contributed by atoms with Crippen LogP contribution in [-0.2, 0) is 17.1 Å². The summed E-state index contributed by atoms with van der Waals surface area (Å²) in [5.41, 5.74) is 5.48. The summed E-state index contributed by atoms with van der Waals surface area (Å²) in [7, 11) is -1.76. The van der Waals surface area contributed by atoms with Crippen LogP contribution in [-0.4, -0.2) is 40.6 Å². The van der Waals surface area contributed by atoms with Crippen molar-refractivity contribution in [3.8, 4) is 0 Å². The van der Waals surface area contributed by atoms with Crippen LogP contribution in [0.2, 0.25) is 0 Å². The first-order valence-corrected chi connectivity index (χ1v) is 7.89. The van der Waals surface area contributed by atoms with Crippen molar-refractivity contribution in [2.24, 2.45) is 18.2 Å². The lowest BCUT2D eigenvalue weighted by atomic mass is 9.81. The lowest BCUT2D eigenvalue weighted by molar-refractivity contribution is 0.244. The maximum absolute atomic E-state index is 12.4. The number of piperidine rings is 1. The van der Waals surface area contributed by atoms with E-state index in [2.05, 4.69) is 5.10 Å². The van der Waals surface area contributed by atoms with Crippen molar-refractivity contribution in [2.45, 2.75) is 24.7 Å². The molecule has 8 heteroatoms. The molecule has 1 aromatic heterocycles. The summed E-state index contributed by atoms with van der Waals surface area (Å²) in [6, 6.07) is 0. The summed E-state index contributed by atoms with van der Waals surface area (Å²) in [6.45, 7) is 2.86. The average molecular weight is 302 g/mol. The van der Waals surface area contributed by atoms with Gasteiger partial charge in [-0.2, -0.15) is 9.40 Å². The lowest BCUT2D eigenvalue weighted by Gasteiger charge is -2.37. The van der Waals surface area contributed by atoms with Crippen LogP contribution in [0.15, 0.2) is 17.3 Å². The molecule has 0 unspecified atom stereocenters. The van der Waals surface area contributed by atoms with Crippen LogP contribution >= 0.6 is 12.2 Å². The first kappa shape index (κ1) is 14.4. The molecule has 1 aromatic rings. The Morgan fingerprint density at radius 1 is 1.47 bits per heavy atom. The van der Waals surface area contributed by atoms with Crippen molar-refractivity contribution in [2.75, 3.05) is 13.1 Å². The number of nitrogens with two attached hydrogens (primary N) is 1. The van der Waals surface area contributed by atoms with E-state index in [9.17, 15) is 8.42 Å². The molecular weight excluding hydrogens is 284 g/mol. The second-order valence-corrected chi connectivity index (χ2v) is 7.56. The number of nitrogens with zero attached hydrogens (tertiary/aromatic N) is 3. The molecule has 1 saturated heterocycles. The molecule has 0 aliphatic carbocycles. The minimum atomic E-state index is -3.45. The van der Waals surface area contributed by atoms with E-state index < -0.39 is 10.0 Å². The SMILES string of the molecule is Cn1cc(S(=O)(=O)N2CCC(C)(C(N)=S)CC2)cn1. The van der Waals surface area contributed by atoms with Gasteiger partial charge in [-0.05, 0) is 12.8 Å². The Labute approximate surface area is 118 Å². The number of thiocarbonyl (C=S) groups is 1. The van der Waals surface area contributed by atoms with E-state index in [1.807, 2.05) is 6.92 Å². The van der Waals surface area contributed by atoms with E-state index in [1.165, 1.54) is 21.4 Å². The highest BCUT2D eigenvalue weighted by atomic mass is 32.2. The number of hydrogen-bond donors (Lipinski definition) is 1. The number of aromatic nitrogens is 2. The fourth-order valence-electron chi connectivity index (χ4n) is 2.15. The molecule has 19 heavy (non-hydrogen) atoms. The van der Waals surface area contributed by atoms with Crippen molar-refractivity contribution >= 4 is 27.2 Å². The zero-order valence-corrected chi connectivity index (χ0v) is 12.7. The molecule has 1 aliphatic rings. The van der Waals surface area contributed by atoms with Gasteiger partial charge in [-0.3, -0.25) is 4.68 Å². The van der Waals surface area contributed by atoms with Crippen LogP contribution in [0.3, 0.4) is 0 Å². The third kappa shape index (κ3) is 2.65. The molecule has 6 nitrogen and oxygen atoms in total. The number of rotatable bonds is 3. The Morgan fingerprint density at radius 2 is 2.05 bits per heavy atom. The topological polar surface area (TPSA) is 81.2 Å². The number of sulfonamides is 1. The zero-order valence-electron chi connectivity index (χ0n) is 11.0. The summed E-state index contributed by atoms with van der Waals surface area (Å²) in [6.07, 6.45) is 4.19. The highest BCUT2D eigenvalue weighted by Gasteiger charge is 2.37. The van der Waals surface area contributed by atoms with E-state index in [4.69, 9.17) is 18.0 Å². The van der Waals surface area contributed by atoms with Gasteiger partial charge in [0, 0.05) is 31.7 Å². The Balaban J connectivity index is 2.16. The van der Waals surface area contributed by atoms with E-state index >= 15 is 0 Å². The van der Waals surface area contributed by atoms with Crippen molar-refractivity contribution in [1.82, 2.24) is 14.1 Å². The van der Waals surface area contributed by atoms with Crippen molar-refractivity contribution in [3.63, 3.8) is 0 Å². The molecule has 106 valence electrons. The van der Waals surface area contributed by atoms with Crippen LogP contribution in [0, 0.1) is 5.41 Å². The minimum absolute atomic E-state index is 0.230. The lowest BCUT2D eigenvalue weighted by Crippen LogP contribution is -2.46. The monoisotopic (exact) mass is 302 g/mol. The second-order valence-electron chi connectivity index (χ2n) is 5.18. The van der Waals surface area contributed by atoms with Crippen molar-refractivity contribution in [3.05, 3.63) is 12.4 Å². The maximum atomic E-state index is 12.4. The number of aryl methyl sites for hydroxylation is 1. The summed E-state index contributed by atoms with van der Waals surface area (Å²) < 4.78 is 27.7.